The van der Waals surface area contributed by atoms with Crippen LogP contribution in [0.1, 0.15) is 20.7 Å². The van der Waals surface area contributed by atoms with Gasteiger partial charge in [-0.2, -0.15) is 0 Å². The van der Waals surface area contributed by atoms with Gasteiger partial charge in [0.1, 0.15) is 0 Å². The van der Waals surface area contributed by atoms with Crippen LogP contribution in [0.5, 0.6) is 0 Å². The summed E-state index contributed by atoms with van der Waals surface area (Å²) in [5.41, 5.74) is 0.165. The molecule has 0 unspecified atom stereocenters. The summed E-state index contributed by atoms with van der Waals surface area (Å²) in [5, 5.41) is 25.0. The molecule has 102 valence electrons. The predicted octanol–water partition coefficient (Wildman–Crippen LogP) is -5.18. The number of rotatable bonds is 4. The number of hydrogen-bond acceptors (Lipinski definition) is 5. The molecule has 5 nitrogen and oxygen atoms in total. The van der Waals surface area contributed by atoms with Crippen LogP contribution in [0.15, 0.2) is 42.5 Å². The van der Waals surface area contributed by atoms with Crippen LogP contribution in [0, 0.1) is 0 Å². The van der Waals surface area contributed by atoms with E-state index in [4.69, 9.17) is 11.6 Å². The quantitative estimate of drug-likeness (QED) is 0.564. The second-order valence-electron chi connectivity index (χ2n) is 3.94. The number of carboxylic acids is 2. The number of aromatic carboxylic acids is 2. The van der Waals surface area contributed by atoms with Crippen molar-refractivity contribution in [1.29, 1.82) is 0 Å². The third kappa shape index (κ3) is 5.28. The third-order valence-electron chi connectivity index (χ3n) is 2.62. The number of hydrogen-bond donors (Lipinski definition) is 1. The standard InChI is InChI=1S/C14H10ClNO4.2Na/c15-8-5-6-12(10(7-8)14(19)20)16-11-4-2-1-3-9(11)13(17)18;;/h1-7,16H,(H,17,18)(H,19,20);;/q;2*+1/p-2. The van der Waals surface area contributed by atoms with Gasteiger partial charge >= 0.3 is 59.1 Å². The molecule has 0 heterocycles. The molecule has 0 aliphatic heterocycles. The average molecular weight is 336 g/mol. The van der Waals surface area contributed by atoms with E-state index in [1.807, 2.05) is 0 Å². The molecule has 0 radical (unpaired) electrons. The zero-order valence-electron chi connectivity index (χ0n) is 12.1. The van der Waals surface area contributed by atoms with Gasteiger partial charge < -0.3 is 25.1 Å². The van der Waals surface area contributed by atoms with Crippen molar-refractivity contribution >= 4 is 34.9 Å². The zero-order chi connectivity index (χ0) is 14.7. The van der Waals surface area contributed by atoms with Gasteiger partial charge in [0.15, 0.2) is 0 Å². The van der Waals surface area contributed by atoms with E-state index in [1.54, 1.807) is 6.07 Å². The minimum absolute atomic E-state index is 0. The first-order valence-electron chi connectivity index (χ1n) is 5.57. The van der Waals surface area contributed by atoms with Gasteiger partial charge in [0.25, 0.3) is 0 Å². The molecule has 0 aromatic heterocycles. The minimum atomic E-state index is -1.42. The molecule has 0 spiro atoms. The third-order valence-corrected chi connectivity index (χ3v) is 2.85. The van der Waals surface area contributed by atoms with E-state index in [0.717, 1.165) is 0 Å². The van der Waals surface area contributed by atoms with Crippen molar-refractivity contribution in [2.75, 3.05) is 5.32 Å². The number of para-hydroxylation sites is 1. The number of carbonyl (C=O) groups is 2. The van der Waals surface area contributed by atoms with Crippen molar-refractivity contribution < 1.29 is 78.9 Å². The molecule has 0 bridgehead atoms. The summed E-state index contributed by atoms with van der Waals surface area (Å²) < 4.78 is 0. The van der Waals surface area contributed by atoms with Crippen LogP contribution in [0.2, 0.25) is 5.02 Å². The summed E-state index contributed by atoms with van der Waals surface area (Å²) in [7, 11) is 0. The smallest absolute Gasteiger partial charge is 0.545 e. The molecule has 22 heavy (non-hydrogen) atoms. The largest absolute Gasteiger partial charge is 1.00 e. The summed E-state index contributed by atoms with van der Waals surface area (Å²) >= 11 is 5.72. The fraction of sp³-hybridized carbons (Fsp3) is 0. The second-order valence-corrected chi connectivity index (χ2v) is 4.37. The van der Waals surface area contributed by atoms with Gasteiger partial charge in [0.2, 0.25) is 0 Å². The molecule has 1 N–H and O–H groups in total. The molecule has 0 aliphatic rings. The van der Waals surface area contributed by atoms with E-state index < -0.39 is 11.9 Å². The monoisotopic (exact) mass is 335 g/mol. The van der Waals surface area contributed by atoms with Crippen molar-refractivity contribution in [3.63, 3.8) is 0 Å². The maximum Gasteiger partial charge on any atom is 1.00 e. The Kier molecular flexibility index (Phi) is 9.34. The summed E-state index contributed by atoms with van der Waals surface area (Å²) in [4.78, 5) is 22.0. The van der Waals surface area contributed by atoms with Crippen LogP contribution < -0.4 is 74.6 Å². The molecule has 8 heteroatoms. The van der Waals surface area contributed by atoms with Gasteiger partial charge in [-0.25, -0.2) is 0 Å². The van der Waals surface area contributed by atoms with Gasteiger partial charge in [0, 0.05) is 27.5 Å². The Morgan fingerprint density at radius 3 is 2.00 bits per heavy atom. The Bertz CT molecular complexity index is 694. The summed E-state index contributed by atoms with van der Waals surface area (Å²) in [6.07, 6.45) is 0. The van der Waals surface area contributed by atoms with Crippen LogP contribution in [0.3, 0.4) is 0 Å². The molecule has 2 aromatic carbocycles. The van der Waals surface area contributed by atoms with Crippen molar-refractivity contribution in [3.8, 4) is 0 Å². The fourth-order valence-corrected chi connectivity index (χ4v) is 1.88. The number of anilines is 2. The first-order valence-corrected chi connectivity index (χ1v) is 5.95. The first-order chi connectivity index (χ1) is 9.49. The fourth-order valence-electron chi connectivity index (χ4n) is 1.71. The van der Waals surface area contributed by atoms with Crippen LogP contribution in [-0.2, 0) is 0 Å². The predicted molar refractivity (Wildman–Crippen MR) is 69.8 cm³/mol. The van der Waals surface area contributed by atoms with Crippen molar-refractivity contribution in [2.24, 2.45) is 0 Å². The van der Waals surface area contributed by atoms with E-state index in [9.17, 15) is 19.8 Å². The SMILES string of the molecule is O=C([O-])c1ccccc1Nc1ccc(Cl)cc1C(=O)[O-].[Na+].[Na+]. The van der Waals surface area contributed by atoms with Crippen molar-refractivity contribution in [1.82, 2.24) is 0 Å². The normalized spacial score (nSPS) is 9.14. The van der Waals surface area contributed by atoms with E-state index >= 15 is 0 Å². The molecule has 2 rings (SSSR count). The van der Waals surface area contributed by atoms with Gasteiger partial charge in [-0.15, -0.1) is 0 Å². The van der Waals surface area contributed by atoms with Gasteiger partial charge in [-0.05, 0) is 24.3 Å². The number of halogens is 1. The Morgan fingerprint density at radius 1 is 0.864 bits per heavy atom. The van der Waals surface area contributed by atoms with E-state index in [2.05, 4.69) is 5.32 Å². The topological polar surface area (TPSA) is 92.3 Å². The zero-order valence-corrected chi connectivity index (χ0v) is 16.8. The second kappa shape index (κ2) is 9.57. The molecule has 2 aromatic rings. The molecular formula is C14H8ClNNa2O4. The molecular weight excluding hydrogens is 328 g/mol. The minimum Gasteiger partial charge on any atom is -0.545 e. The average Bonchev–Trinajstić information content (AvgIpc) is 2.41. The van der Waals surface area contributed by atoms with Crippen molar-refractivity contribution in [2.45, 2.75) is 0 Å². The number of carbonyl (C=O) groups excluding carboxylic acids is 2. The molecule has 0 aliphatic carbocycles. The Morgan fingerprint density at radius 2 is 1.41 bits per heavy atom. The Balaban J connectivity index is 0.00000220. The van der Waals surface area contributed by atoms with Crippen molar-refractivity contribution in [3.05, 3.63) is 58.6 Å². The Hall–Kier alpha value is -0.530. The van der Waals surface area contributed by atoms with Gasteiger partial charge in [-0.1, -0.05) is 29.8 Å². The molecule has 0 amide bonds. The van der Waals surface area contributed by atoms with Gasteiger partial charge in [0.05, 0.1) is 11.9 Å². The Labute approximate surface area is 176 Å². The van der Waals surface area contributed by atoms with E-state index in [0.29, 0.717) is 0 Å². The van der Waals surface area contributed by atoms with Crippen LogP contribution >= 0.6 is 11.6 Å². The first kappa shape index (κ1) is 21.5. The number of nitrogens with one attached hydrogen (secondary N) is 1. The molecule has 0 saturated heterocycles. The maximum atomic E-state index is 11.0. The molecule has 0 atom stereocenters. The summed E-state index contributed by atoms with van der Waals surface area (Å²) in [5.74, 6) is -2.78. The summed E-state index contributed by atoms with van der Waals surface area (Å²) in [6, 6.07) is 10.1. The number of carboxylic acid groups (broad SMARTS) is 2. The number of benzene rings is 2. The van der Waals surface area contributed by atoms with Crippen LogP contribution in [0.25, 0.3) is 0 Å². The molecule has 0 fully saturated rings. The van der Waals surface area contributed by atoms with Crippen LogP contribution in [0.4, 0.5) is 11.4 Å². The van der Waals surface area contributed by atoms with E-state index in [1.165, 1.54) is 36.4 Å². The van der Waals surface area contributed by atoms with Gasteiger partial charge in [-0.3, -0.25) is 0 Å². The summed E-state index contributed by atoms with van der Waals surface area (Å²) in [6.45, 7) is 0. The van der Waals surface area contributed by atoms with Crippen LogP contribution in [-0.4, -0.2) is 11.9 Å². The van der Waals surface area contributed by atoms with E-state index in [-0.39, 0.29) is 86.6 Å². The maximum absolute atomic E-state index is 11.0. The molecule has 0 saturated carbocycles.